The highest BCUT2D eigenvalue weighted by atomic mass is 32.2. The highest BCUT2D eigenvalue weighted by Crippen LogP contribution is 2.51. The largest absolute Gasteiger partial charge is 0.381 e. The minimum atomic E-state index is 0.145. The third-order valence-electron chi connectivity index (χ3n) is 7.04. The maximum atomic E-state index is 12.7. The Morgan fingerprint density at radius 2 is 1.97 bits per heavy atom. The second kappa shape index (κ2) is 7.70. The zero-order valence-electron chi connectivity index (χ0n) is 18.0. The van der Waals surface area contributed by atoms with E-state index in [1.807, 2.05) is 11.8 Å². The summed E-state index contributed by atoms with van der Waals surface area (Å²) in [5.41, 5.74) is 2.99. The lowest BCUT2D eigenvalue weighted by Crippen LogP contribution is -2.67. The molecule has 0 bridgehead atoms. The maximum Gasteiger partial charge on any atom is 0.225 e. The average molecular weight is 441 g/mol. The van der Waals surface area contributed by atoms with Crippen molar-refractivity contribution in [3.05, 3.63) is 17.6 Å². The first-order chi connectivity index (χ1) is 14.9. The zero-order chi connectivity index (χ0) is 21.8. The van der Waals surface area contributed by atoms with Gasteiger partial charge in [0, 0.05) is 55.0 Å². The molecular formula is C22H28N6O2S. The summed E-state index contributed by atoms with van der Waals surface area (Å²) >= 11 is 1.37. The molecule has 3 aliphatic heterocycles. The van der Waals surface area contributed by atoms with Gasteiger partial charge in [-0.15, -0.1) is 0 Å². The molecule has 9 heteroatoms. The number of aromatic nitrogens is 2. The summed E-state index contributed by atoms with van der Waals surface area (Å²) in [7, 11) is 0. The van der Waals surface area contributed by atoms with Gasteiger partial charge in [-0.05, 0) is 45.1 Å². The first kappa shape index (κ1) is 20.6. The molecule has 8 nitrogen and oxygen atoms in total. The Morgan fingerprint density at radius 3 is 2.65 bits per heavy atom. The lowest BCUT2D eigenvalue weighted by atomic mass is 9.60. The third-order valence-corrected chi connectivity index (χ3v) is 8.04. The summed E-state index contributed by atoms with van der Waals surface area (Å²) in [6.07, 6.45) is 5.31. The van der Waals surface area contributed by atoms with Gasteiger partial charge in [-0.25, -0.2) is 9.97 Å². The van der Waals surface area contributed by atoms with E-state index in [4.69, 9.17) is 15.6 Å². The number of hydrogen-bond donors (Lipinski definition) is 3. The van der Waals surface area contributed by atoms with Crippen LogP contribution in [0.1, 0.15) is 45.2 Å². The van der Waals surface area contributed by atoms with Gasteiger partial charge in [0.25, 0.3) is 0 Å². The molecule has 2 saturated heterocycles. The predicted octanol–water partition coefficient (Wildman–Crippen LogP) is 3.20. The number of carbonyl (C=O) groups excluding carboxylic acids is 1. The van der Waals surface area contributed by atoms with Crippen molar-refractivity contribution in [3.8, 4) is 0 Å². The van der Waals surface area contributed by atoms with E-state index in [2.05, 4.69) is 15.3 Å². The number of anilines is 1. The molecule has 1 aliphatic carbocycles. The lowest BCUT2D eigenvalue weighted by molar-refractivity contribution is -0.157. The van der Waals surface area contributed by atoms with Gasteiger partial charge in [-0.2, -0.15) is 0 Å². The molecule has 1 aromatic rings. The van der Waals surface area contributed by atoms with Crippen LogP contribution in [-0.4, -0.2) is 63.9 Å². The second-order valence-electron chi connectivity index (χ2n) is 9.29. The van der Waals surface area contributed by atoms with Crippen LogP contribution in [0.25, 0.3) is 5.57 Å². The van der Waals surface area contributed by atoms with Crippen LogP contribution in [0.15, 0.2) is 16.8 Å². The van der Waals surface area contributed by atoms with E-state index >= 15 is 0 Å². The number of nitrogens with zero attached hydrogens (tertiary/aromatic N) is 3. The van der Waals surface area contributed by atoms with Gasteiger partial charge >= 0.3 is 0 Å². The van der Waals surface area contributed by atoms with E-state index in [0.717, 1.165) is 66.3 Å². The maximum absolute atomic E-state index is 12.7. The van der Waals surface area contributed by atoms with Gasteiger partial charge in [-0.3, -0.25) is 10.2 Å². The normalized spacial score (nSPS) is 24.5. The number of rotatable bonds is 4. The van der Waals surface area contributed by atoms with E-state index in [1.54, 1.807) is 13.3 Å². The molecular weight excluding hydrogens is 412 g/mol. The first-order valence-electron chi connectivity index (χ1n) is 10.9. The van der Waals surface area contributed by atoms with E-state index in [0.29, 0.717) is 35.9 Å². The van der Waals surface area contributed by atoms with E-state index in [9.17, 15) is 4.79 Å². The summed E-state index contributed by atoms with van der Waals surface area (Å²) in [6.45, 7) is 6.75. The highest BCUT2D eigenvalue weighted by Gasteiger charge is 2.54. The fraction of sp³-hybridized carbons (Fsp3) is 0.591. The Labute approximate surface area is 186 Å². The molecule has 0 atom stereocenters. The van der Waals surface area contributed by atoms with Crippen LogP contribution in [0.4, 0.5) is 5.82 Å². The molecule has 1 aromatic heterocycles. The number of likely N-dealkylation sites (tertiary alicyclic amines) is 1. The Kier molecular flexibility index (Phi) is 5.13. The minimum absolute atomic E-state index is 0.145. The quantitative estimate of drug-likeness (QED) is 0.620. The molecule has 164 valence electrons. The number of ether oxygens (including phenoxy) is 1. The Morgan fingerprint density at radius 1 is 1.26 bits per heavy atom. The number of amides is 1. The van der Waals surface area contributed by atoms with Crippen molar-refractivity contribution in [2.75, 3.05) is 31.6 Å². The van der Waals surface area contributed by atoms with Gasteiger partial charge in [0.15, 0.2) is 0 Å². The average Bonchev–Trinajstić information content (AvgIpc) is 3.04. The molecule has 4 heterocycles. The smallest absolute Gasteiger partial charge is 0.225 e. The molecule has 1 saturated carbocycles. The van der Waals surface area contributed by atoms with E-state index < -0.39 is 0 Å². The molecule has 1 amide bonds. The van der Waals surface area contributed by atoms with Crippen molar-refractivity contribution in [2.24, 2.45) is 11.3 Å². The molecule has 0 aromatic carbocycles. The molecule has 0 radical (unpaired) electrons. The molecule has 31 heavy (non-hydrogen) atoms. The standard InChI is InChI=1S/C22H28N6O2S/c1-12(13(2)23)16-17-18(31-19(16)24)20(26-11-25-17)27-15-7-22(8-15)9-28(10-22)21(29)14-3-5-30-6-4-14/h11,14-15,23-24H,3-10H2,1-2H3,(H,25,26,27)/b16-12-,23-13?,24-19?. The highest BCUT2D eigenvalue weighted by molar-refractivity contribution is 8.15. The van der Waals surface area contributed by atoms with E-state index in [1.165, 1.54) is 11.8 Å². The molecule has 3 N–H and O–H groups in total. The molecule has 3 fully saturated rings. The van der Waals surface area contributed by atoms with E-state index in [-0.39, 0.29) is 11.3 Å². The first-order valence-corrected chi connectivity index (χ1v) is 11.7. The number of hydrogen-bond acceptors (Lipinski definition) is 8. The molecule has 4 aliphatic rings. The topological polar surface area (TPSA) is 115 Å². The number of allylic oxidation sites excluding steroid dienone is 1. The van der Waals surface area contributed by atoms with Crippen LogP contribution >= 0.6 is 11.8 Å². The number of fused-ring (bicyclic) bond motifs is 1. The zero-order valence-corrected chi connectivity index (χ0v) is 18.8. The van der Waals surface area contributed by atoms with Crippen molar-refractivity contribution in [1.82, 2.24) is 14.9 Å². The second-order valence-corrected chi connectivity index (χ2v) is 10.3. The molecule has 1 spiro atoms. The van der Waals surface area contributed by atoms with Crippen molar-refractivity contribution in [2.45, 2.75) is 50.5 Å². The minimum Gasteiger partial charge on any atom is -0.381 e. The van der Waals surface area contributed by atoms with Crippen LogP contribution in [0.3, 0.4) is 0 Å². The third kappa shape index (κ3) is 3.57. The van der Waals surface area contributed by atoms with Crippen molar-refractivity contribution < 1.29 is 9.53 Å². The van der Waals surface area contributed by atoms with Gasteiger partial charge < -0.3 is 20.4 Å². The fourth-order valence-corrected chi connectivity index (χ4v) is 6.22. The number of thioether (sulfide) groups is 1. The van der Waals surface area contributed by atoms with Gasteiger partial charge in [0.1, 0.15) is 17.2 Å². The van der Waals surface area contributed by atoms with Crippen LogP contribution in [0.2, 0.25) is 0 Å². The summed E-state index contributed by atoms with van der Waals surface area (Å²) in [6, 6.07) is 0.327. The SMILES string of the molecule is CC(=N)/C(C)=C1\C(=N)Sc2c(NC3CC4(C3)CN(C(=O)C3CCOCC3)C4)ncnc21. The summed E-state index contributed by atoms with van der Waals surface area (Å²) in [5.74, 6) is 1.23. The van der Waals surface area contributed by atoms with Crippen molar-refractivity contribution in [3.63, 3.8) is 0 Å². The Bertz CT molecular complexity index is 986. The Balaban J connectivity index is 1.21. The van der Waals surface area contributed by atoms with Crippen LogP contribution in [-0.2, 0) is 9.53 Å². The van der Waals surface area contributed by atoms with Crippen LogP contribution < -0.4 is 5.32 Å². The predicted molar refractivity (Wildman–Crippen MR) is 121 cm³/mol. The summed E-state index contributed by atoms with van der Waals surface area (Å²) in [4.78, 5) is 24.4. The number of nitrogens with one attached hydrogen (secondary N) is 3. The molecule has 5 rings (SSSR count). The van der Waals surface area contributed by atoms with Gasteiger partial charge in [-0.1, -0.05) is 11.8 Å². The van der Waals surface area contributed by atoms with Gasteiger partial charge in [0.2, 0.25) is 5.91 Å². The van der Waals surface area contributed by atoms with Crippen molar-refractivity contribution >= 4 is 39.8 Å². The number of carbonyl (C=O) groups is 1. The molecule has 0 unspecified atom stereocenters. The van der Waals surface area contributed by atoms with Crippen LogP contribution in [0.5, 0.6) is 0 Å². The summed E-state index contributed by atoms with van der Waals surface area (Å²) < 4.78 is 5.38. The van der Waals surface area contributed by atoms with Crippen LogP contribution in [0, 0.1) is 22.2 Å². The Hall–Kier alpha value is -2.26. The summed E-state index contributed by atoms with van der Waals surface area (Å²) in [5, 5.41) is 20.3. The fourth-order valence-electron chi connectivity index (χ4n) is 5.21. The monoisotopic (exact) mass is 440 g/mol. The lowest BCUT2D eigenvalue weighted by Gasteiger charge is -2.59. The van der Waals surface area contributed by atoms with Gasteiger partial charge in [0.05, 0.1) is 10.6 Å². The van der Waals surface area contributed by atoms with Crippen molar-refractivity contribution in [1.29, 1.82) is 10.8 Å².